The van der Waals surface area contributed by atoms with Gasteiger partial charge in [-0.25, -0.2) is 0 Å². The summed E-state index contributed by atoms with van der Waals surface area (Å²) in [6, 6.07) is 0.442. The molecule has 6 heteroatoms. The van der Waals surface area contributed by atoms with Gasteiger partial charge in [-0.3, -0.25) is 4.79 Å². The number of hydrogen-bond acceptors (Lipinski definition) is 4. The Balaban J connectivity index is 4.19. The van der Waals surface area contributed by atoms with Crippen LogP contribution < -0.4 is 11.1 Å². The minimum atomic E-state index is -0.538. The normalized spacial score (nSPS) is 14.0. The Bertz CT molecular complexity index is 279. The second-order valence-electron chi connectivity index (χ2n) is 4.73. The van der Waals surface area contributed by atoms with Gasteiger partial charge >= 0.3 is 0 Å². The summed E-state index contributed by atoms with van der Waals surface area (Å²) in [7, 11) is 2.00. The number of hydrogen-bond donors (Lipinski definition) is 3. The van der Waals surface area contributed by atoms with E-state index < -0.39 is 5.92 Å². The molecule has 0 heterocycles. The number of carbonyl (C=O) groups excluding carboxylic acids is 1. The van der Waals surface area contributed by atoms with Crippen LogP contribution in [0.5, 0.6) is 0 Å². The van der Waals surface area contributed by atoms with Crippen LogP contribution in [0.15, 0.2) is 5.16 Å². The number of nitrogens with zero attached hydrogens (tertiary/aromatic N) is 2. The minimum absolute atomic E-state index is 0.0217. The Morgan fingerprint density at radius 3 is 2.56 bits per heavy atom. The first kappa shape index (κ1) is 16.7. The number of nitrogens with one attached hydrogen (secondary N) is 1. The highest BCUT2D eigenvalue weighted by molar-refractivity contribution is 6.02. The zero-order valence-corrected chi connectivity index (χ0v) is 11.8. The highest BCUT2D eigenvalue weighted by Crippen LogP contribution is 2.06. The molecule has 0 spiro atoms. The van der Waals surface area contributed by atoms with Crippen LogP contribution in [-0.4, -0.2) is 48.0 Å². The van der Waals surface area contributed by atoms with Crippen molar-refractivity contribution < 1.29 is 10.0 Å². The molecule has 0 aromatic heterocycles. The lowest BCUT2D eigenvalue weighted by atomic mass is 10.0. The van der Waals surface area contributed by atoms with Crippen molar-refractivity contribution in [2.75, 3.05) is 20.1 Å². The van der Waals surface area contributed by atoms with E-state index in [0.717, 1.165) is 13.0 Å². The largest absolute Gasteiger partial charge is 0.409 e. The third kappa shape index (κ3) is 5.86. The van der Waals surface area contributed by atoms with Gasteiger partial charge in [-0.2, -0.15) is 0 Å². The number of oxime groups is 1. The van der Waals surface area contributed by atoms with Gasteiger partial charge in [0.25, 0.3) is 0 Å². The molecule has 0 aliphatic heterocycles. The smallest absolute Gasteiger partial charge is 0.230 e. The van der Waals surface area contributed by atoms with Gasteiger partial charge in [0.2, 0.25) is 5.91 Å². The van der Waals surface area contributed by atoms with Crippen molar-refractivity contribution in [2.45, 2.75) is 39.7 Å². The molecule has 1 unspecified atom stereocenters. The molecule has 0 fully saturated rings. The van der Waals surface area contributed by atoms with E-state index in [1.165, 1.54) is 0 Å². The van der Waals surface area contributed by atoms with E-state index in [2.05, 4.69) is 29.2 Å². The molecule has 0 radical (unpaired) electrons. The molecule has 0 aliphatic rings. The molecule has 106 valence electrons. The van der Waals surface area contributed by atoms with Crippen molar-refractivity contribution in [2.24, 2.45) is 16.8 Å². The van der Waals surface area contributed by atoms with Crippen molar-refractivity contribution in [3.8, 4) is 0 Å². The maximum Gasteiger partial charge on any atom is 0.230 e. The molecule has 1 atom stereocenters. The second kappa shape index (κ2) is 8.74. The molecule has 0 saturated heterocycles. The molecule has 0 saturated carbocycles. The van der Waals surface area contributed by atoms with Crippen molar-refractivity contribution in [3.63, 3.8) is 0 Å². The molecule has 0 rings (SSSR count). The quantitative estimate of drug-likeness (QED) is 0.257. The summed E-state index contributed by atoms with van der Waals surface area (Å²) < 4.78 is 0. The van der Waals surface area contributed by atoms with E-state index in [0.29, 0.717) is 19.0 Å². The standard InChI is InChI=1S/C12H26N4O2/c1-5-6-10(11(13)15-18)12(17)14-7-8-16(4)9(2)3/h9-10,18H,5-8H2,1-4H3,(H2,13,15)(H,14,17). The molecule has 0 aliphatic carbocycles. The van der Waals surface area contributed by atoms with E-state index >= 15 is 0 Å². The lowest BCUT2D eigenvalue weighted by molar-refractivity contribution is -0.123. The van der Waals surface area contributed by atoms with E-state index in [4.69, 9.17) is 10.9 Å². The zero-order valence-electron chi connectivity index (χ0n) is 11.8. The molecular formula is C12H26N4O2. The monoisotopic (exact) mass is 258 g/mol. The van der Waals surface area contributed by atoms with Gasteiger partial charge in [-0.05, 0) is 27.3 Å². The Kier molecular flexibility index (Phi) is 8.11. The van der Waals surface area contributed by atoms with Gasteiger partial charge in [0.1, 0.15) is 0 Å². The van der Waals surface area contributed by atoms with Crippen molar-refractivity contribution in [1.29, 1.82) is 0 Å². The zero-order chi connectivity index (χ0) is 14.1. The Hall–Kier alpha value is -1.30. The first-order chi connectivity index (χ1) is 8.43. The molecule has 18 heavy (non-hydrogen) atoms. The summed E-state index contributed by atoms with van der Waals surface area (Å²) in [5, 5.41) is 14.4. The molecule has 0 aromatic carbocycles. The SMILES string of the molecule is CCCC(C(=O)NCCN(C)C(C)C)C(N)=NO. The summed E-state index contributed by atoms with van der Waals surface area (Å²) in [5.74, 6) is -0.736. The van der Waals surface area contributed by atoms with Crippen LogP contribution in [0.2, 0.25) is 0 Å². The van der Waals surface area contributed by atoms with Crippen LogP contribution in [0.1, 0.15) is 33.6 Å². The van der Waals surface area contributed by atoms with Gasteiger partial charge < -0.3 is 21.2 Å². The fourth-order valence-corrected chi connectivity index (χ4v) is 1.51. The van der Waals surface area contributed by atoms with Crippen molar-refractivity contribution in [1.82, 2.24) is 10.2 Å². The van der Waals surface area contributed by atoms with Crippen molar-refractivity contribution in [3.05, 3.63) is 0 Å². The Morgan fingerprint density at radius 1 is 1.50 bits per heavy atom. The highest BCUT2D eigenvalue weighted by atomic mass is 16.4. The van der Waals surface area contributed by atoms with Crippen LogP contribution in [0.3, 0.4) is 0 Å². The van der Waals surface area contributed by atoms with Crippen LogP contribution >= 0.6 is 0 Å². The van der Waals surface area contributed by atoms with E-state index in [9.17, 15) is 4.79 Å². The maximum atomic E-state index is 11.9. The summed E-state index contributed by atoms with van der Waals surface area (Å²) in [4.78, 5) is 14.0. The number of likely N-dealkylation sites (N-methyl/N-ethyl adjacent to an activating group) is 1. The molecular weight excluding hydrogens is 232 g/mol. The average Bonchev–Trinajstić information content (AvgIpc) is 2.34. The molecule has 4 N–H and O–H groups in total. The summed E-state index contributed by atoms with van der Waals surface area (Å²) in [5.41, 5.74) is 5.51. The predicted octanol–water partition coefficient (Wildman–Crippen LogP) is 0.606. The van der Waals surface area contributed by atoms with Crippen LogP contribution in [-0.2, 0) is 4.79 Å². The number of nitrogens with two attached hydrogens (primary N) is 1. The van der Waals surface area contributed by atoms with Gasteiger partial charge in [0, 0.05) is 19.1 Å². The fourth-order valence-electron chi connectivity index (χ4n) is 1.51. The number of amidine groups is 1. The lowest BCUT2D eigenvalue weighted by Gasteiger charge is -2.22. The number of amides is 1. The fraction of sp³-hybridized carbons (Fsp3) is 0.833. The molecule has 6 nitrogen and oxygen atoms in total. The van der Waals surface area contributed by atoms with Crippen LogP contribution in [0, 0.1) is 5.92 Å². The summed E-state index contributed by atoms with van der Waals surface area (Å²) in [6.45, 7) is 7.48. The van der Waals surface area contributed by atoms with Crippen LogP contribution in [0.25, 0.3) is 0 Å². The minimum Gasteiger partial charge on any atom is -0.409 e. The van der Waals surface area contributed by atoms with E-state index in [1.54, 1.807) is 0 Å². The maximum absolute atomic E-state index is 11.9. The molecule has 1 amide bonds. The topological polar surface area (TPSA) is 91.0 Å². The summed E-state index contributed by atoms with van der Waals surface area (Å²) >= 11 is 0. The first-order valence-electron chi connectivity index (χ1n) is 6.39. The molecule has 0 bridgehead atoms. The van der Waals surface area contributed by atoms with E-state index in [-0.39, 0.29) is 11.7 Å². The number of rotatable bonds is 8. The predicted molar refractivity (Wildman–Crippen MR) is 72.6 cm³/mol. The van der Waals surface area contributed by atoms with Gasteiger partial charge in [0.15, 0.2) is 5.84 Å². The average molecular weight is 258 g/mol. The highest BCUT2D eigenvalue weighted by Gasteiger charge is 2.21. The lowest BCUT2D eigenvalue weighted by Crippen LogP contribution is -2.42. The second-order valence-corrected chi connectivity index (χ2v) is 4.73. The molecule has 0 aromatic rings. The summed E-state index contributed by atoms with van der Waals surface area (Å²) in [6.07, 6.45) is 1.39. The van der Waals surface area contributed by atoms with Gasteiger partial charge in [0.05, 0.1) is 5.92 Å². The Morgan fingerprint density at radius 2 is 2.11 bits per heavy atom. The van der Waals surface area contributed by atoms with Gasteiger partial charge in [-0.15, -0.1) is 0 Å². The van der Waals surface area contributed by atoms with Crippen molar-refractivity contribution >= 4 is 11.7 Å². The third-order valence-electron chi connectivity index (χ3n) is 3.01. The number of carbonyl (C=O) groups is 1. The van der Waals surface area contributed by atoms with Gasteiger partial charge in [-0.1, -0.05) is 18.5 Å². The van der Waals surface area contributed by atoms with E-state index in [1.807, 2.05) is 14.0 Å². The Labute approximate surface area is 109 Å². The first-order valence-corrected chi connectivity index (χ1v) is 6.39. The third-order valence-corrected chi connectivity index (χ3v) is 3.01. The van der Waals surface area contributed by atoms with Crippen LogP contribution in [0.4, 0.5) is 0 Å².